The summed E-state index contributed by atoms with van der Waals surface area (Å²) in [6.45, 7) is 5.06. The quantitative estimate of drug-likeness (QED) is 0.863. The molecule has 0 bridgehead atoms. The molecule has 1 aliphatic rings. The maximum Gasteiger partial charge on any atom is 0.251 e. The Labute approximate surface area is 152 Å². The lowest BCUT2D eigenvalue weighted by molar-refractivity contribution is 0.0857. The van der Waals surface area contributed by atoms with Crippen molar-refractivity contribution in [2.24, 2.45) is 5.73 Å². The maximum absolute atomic E-state index is 12.3. The van der Waals surface area contributed by atoms with E-state index in [2.05, 4.69) is 10.3 Å². The first kappa shape index (κ1) is 18.1. The molecule has 26 heavy (non-hydrogen) atoms. The number of nitrogens with zero attached hydrogens (tertiary/aromatic N) is 1. The first-order chi connectivity index (χ1) is 12.5. The molecule has 1 aliphatic heterocycles. The van der Waals surface area contributed by atoms with Gasteiger partial charge in [-0.3, -0.25) is 14.6 Å². The van der Waals surface area contributed by atoms with Crippen LogP contribution in [-0.2, 0) is 4.74 Å². The minimum Gasteiger partial charge on any atom is -0.376 e. The molecule has 136 valence electrons. The summed E-state index contributed by atoms with van der Waals surface area (Å²) in [6.07, 6.45) is 2.13. The molecule has 0 unspecified atom stereocenters. The molecule has 1 saturated heterocycles. The standard InChI is InChI=1S/C20H23N3O3/c1-12-10-17(19(21)24)18(23-13(12)2)14-5-7-15(8-6-14)20(25)22-11-16-4-3-9-26-16/h5-8,10,16H,3-4,9,11H2,1-2H3,(H2,21,24)(H,22,25)/t16-/m1/s1. The van der Waals surface area contributed by atoms with Crippen LogP contribution in [0, 0.1) is 13.8 Å². The zero-order chi connectivity index (χ0) is 18.7. The number of amides is 2. The average Bonchev–Trinajstić information content (AvgIpc) is 3.15. The lowest BCUT2D eigenvalue weighted by Crippen LogP contribution is -2.31. The van der Waals surface area contributed by atoms with Crippen molar-refractivity contribution in [2.45, 2.75) is 32.8 Å². The average molecular weight is 353 g/mol. The van der Waals surface area contributed by atoms with E-state index in [1.54, 1.807) is 30.3 Å². The number of aromatic nitrogens is 1. The third kappa shape index (κ3) is 3.91. The summed E-state index contributed by atoms with van der Waals surface area (Å²) in [5.41, 5.74) is 9.45. The van der Waals surface area contributed by atoms with E-state index < -0.39 is 5.91 Å². The number of ether oxygens (including phenoxy) is 1. The number of aryl methyl sites for hydroxylation is 2. The lowest BCUT2D eigenvalue weighted by atomic mass is 10.0. The fourth-order valence-electron chi connectivity index (χ4n) is 3.01. The van der Waals surface area contributed by atoms with Gasteiger partial charge in [-0.05, 0) is 50.5 Å². The highest BCUT2D eigenvalue weighted by atomic mass is 16.5. The number of hydrogen-bond acceptors (Lipinski definition) is 4. The zero-order valence-corrected chi connectivity index (χ0v) is 15.0. The van der Waals surface area contributed by atoms with Crippen LogP contribution in [0.15, 0.2) is 30.3 Å². The van der Waals surface area contributed by atoms with Gasteiger partial charge in [0.2, 0.25) is 0 Å². The normalized spacial score (nSPS) is 16.5. The Morgan fingerprint density at radius 2 is 2.00 bits per heavy atom. The van der Waals surface area contributed by atoms with Gasteiger partial charge in [-0.1, -0.05) is 12.1 Å². The summed E-state index contributed by atoms with van der Waals surface area (Å²) in [5.74, 6) is -0.663. The van der Waals surface area contributed by atoms with E-state index >= 15 is 0 Å². The number of pyridine rings is 1. The van der Waals surface area contributed by atoms with E-state index in [-0.39, 0.29) is 12.0 Å². The highest BCUT2D eigenvalue weighted by Crippen LogP contribution is 2.24. The van der Waals surface area contributed by atoms with Crippen LogP contribution in [0.2, 0.25) is 0 Å². The Bertz CT molecular complexity index is 825. The number of nitrogens with two attached hydrogens (primary N) is 1. The maximum atomic E-state index is 12.3. The van der Waals surface area contributed by atoms with Crippen LogP contribution >= 0.6 is 0 Å². The number of nitrogens with one attached hydrogen (secondary N) is 1. The molecule has 0 radical (unpaired) electrons. The number of hydrogen-bond donors (Lipinski definition) is 2. The second-order valence-corrected chi connectivity index (χ2v) is 6.57. The molecule has 0 spiro atoms. The smallest absolute Gasteiger partial charge is 0.251 e. The minimum absolute atomic E-state index is 0.107. The Balaban J connectivity index is 1.78. The van der Waals surface area contributed by atoms with Crippen molar-refractivity contribution in [3.8, 4) is 11.3 Å². The van der Waals surface area contributed by atoms with E-state index in [4.69, 9.17) is 10.5 Å². The van der Waals surface area contributed by atoms with E-state index in [1.807, 2.05) is 13.8 Å². The number of carbonyl (C=O) groups excluding carboxylic acids is 2. The first-order valence-corrected chi connectivity index (χ1v) is 8.74. The van der Waals surface area contributed by atoms with Crippen LogP contribution in [-0.4, -0.2) is 36.1 Å². The summed E-state index contributed by atoms with van der Waals surface area (Å²) < 4.78 is 5.51. The topological polar surface area (TPSA) is 94.3 Å². The van der Waals surface area contributed by atoms with E-state index in [0.29, 0.717) is 23.4 Å². The molecule has 0 saturated carbocycles. The second kappa shape index (κ2) is 7.66. The summed E-state index contributed by atoms with van der Waals surface area (Å²) in [5, 5.41) is 2.89. The monoisotopic (exact) mass is 353 g/mol. The number of primary amides is 1. The summed E-state index contributed by atoms with van der Waals surface area (Å²) in [6, 6.07) is 8.76. The van der Waals surface area contributed by atoms with Crippen molar-refractivity contribution in [2.75, 3.05) is 13.2 Å². The van der Waals surface area contributed by atoms with Gasteiger partial charge in [-0.15, -0.1) is 0 Å². The third-order valence-corrected chi connectivity index (χ3v) is 4.67. The van der Waals surface area contributed by atoms with Gasteiger partial charge >= 0.3 is 0 Å². The van der Waals surface area contributed by atoms with Crippen molar-refractivity contribution in [1.29, 1.82) is 0 Å². The molecule has 2 amide bonds. The number of carbonyl (C=O) groups is 2. The lowest BCUT2D eigenvalue weighted by Gasteiger charge is -2.12. The molecule has 6 heteroatoms. The predicted molar refractivity (Wildman–Crippen MR) is 99.0 cm³/mol. The zero-order valence-electron chi connectivity index (χ0n) is 15.0. The summed E-state index contributed by atoms with van der Waals surface area (Å²) in [4.78, 5) is 28.5. The van der Waals surface area contributed by atoms with E-state index in [9.17, 15) is 9.59 Å². The van der Waals surface area contributed by atoms with E-state index in [1.165, 1.54) is 0 Å². The Morgan fingerprint density at radius 1 is 1.27 bits per heavy atom. The molecule has 1 aromatic carbocycles. The van der Waals surface area contributed by atoms with Crippen LogP contribution < -0.4 is 11.1 Å². The molecular formula is C20H23N3O3. The van der Waals surface area contributed by atoms with Gasteiger partial charge in [0.1, 0.15) is 0 Å². The Morgan fingerprint density at radius 3 is 2.62 bits per heavy atom. The van der Waals surface area contributed by atoms with Gasteiger partial charge in [0.25, 0.3) is 11.8 Å². The summed E-state index contributed by atoms with van der Waals surface area (Å²) in [7, 11) is 0. The van der Waals surface area contributed by atoms with Gasteiger partial charge in [0, 0.05) is 30.0 Å². The van der Waals surface area contributed by atoms with Crippen molar-refractivity contribution in [1.82, 2.24) is 10.3 Å². The van der Waals surface area contributed by atoms with Gasteiger partial charge in [-0.25, -0.2) is 0 Å². The first-order valence-electron chi connectivity index (χ1n) is 8.74. The molecule has 3 N–H and O–H groups in total. The fourth-order valence-corrected chi connectivity index (χ4v) is 3.01. The molecule has 2 aromatic rings. The highest BCUT2D eigenvalue weighted by molar-refractivity contribution is 5.99. The van der Waals surface area contributed by atoms with Crippen molar-refractivity contribution < 1.29 is 14.3 Å². The van der Waals surface area contributed by atoms with Crippen LogP contribution in [0.1, 0.15) is 44.8 Å². The highest BCUT2D eigenvalue weighted by Gasteiger charge is 2.17. The van der Waals surface area contributed by atoms with Crippen molar-refractivity contribution in [3.05, 3.63) is 52.7 Å². The van der Waals surface area contributed by atoms with Crippen LogP contribution in [0.25, 0.3) is 11.3 Å². The predicted octanol–water partition coefficient (Wildman–Crippen LogP) is 2.37. The number of benzene rings is 1. The van der Waals surface area contributed by atoms with Crippen molar-refractivity contribution in [3.63, 3.8) is 0 Å². The molecule has 2 heterocycles. The molecular weight excluding hydrogens is 330 g/mol. The van der Waals surface area contributed by atoms with Gasteiger partial charge in [0.05, 0.1) is 17.4 Å². The van der Waals surface area contributed by atoms with Crippen LogP contribution in [0.3, 0.4) is 0 Å². The Kier molecular flexibility index (Phi) is 5.32. The van der Waals surface area contributed by atoms with Gasteiger partial charge < -0.3 is 15.8 Å². The summed E-state index contributed by atoms with van der Waals surface area (Å²) >= 11 is 0. The van der Waals surface area contributed by atoms with Gasteiger partial charge in [0.15, 0.2) is 0 Å². The fraction of sp³-hybridized carbons (Fsp3) is 0.350. The molecule has 1 atom stereocenters. The molecule has 3 rings (SSSR count). The SMILES string of the molecule is Cc1cc(C(N)=O)c(-c2ccc(C(=O)NC[C@H]3CCCO3)cc2)nc1C. The second-order valence-electron chi connectivity index (χ2n) is 6.57. The largest absolute Gasteiger partial charge is 0.376 e. The minimum atomic E-state index is -0.519. The Hall–Kier alpha value is -2.73. The third-order valence-electron chi connectivity index (χ3n) is 4.67. The van der Waals surface area contributed by atoms with Crippen LogP contribution in [0.5, 0.6) is 0 Å². The molecule has 1 fully saturated rings. The molecule has 1 aromatic heterocycles. The number of rotatable bonds is 5. The van der Waals surface area contributed by atoms with E-state index in [0.717, 1.165) is 36.3 Å². The molecule has 6 nitrogen and oxygen atoms in total. The van der Waals surface area contributed by atoms with Crippen LogP contribution in [0.4, 0.5) is 0 Å². The molecule has 0 aliphatic carbocycles. The van der Waals surface area contributed by atoms with Crippen molar-refractivity contribution >= 4 is 11.8 Å². The van der Waals surface area contributed by atoms with Gasteiger partial charge in [-0.2, -0.15) is 0 Å².